The Morgan fingerprint density at radius 3 is 2.20 bits per heavy atom. The smallest absolute Gasteiger partial charge is 0.303 e. The molecule has 2 N–H and O–H groups in total. The molecule has 0 aromatic carbocycles. The van der Waals surface area contributed by atoms with Gasteiger partial charge in [-0.05, 0) is 43.5 Å². The zero-order valence-corrected chi connectivity index (χ0v) is 9.72. The lowest BCUT2D eigenvalue weighted by Gasteiger charge is -2.20. The Morgan fingerprint density at radius 1 is 1.40 bits per heavy atom. The zero-order chi connectivity index (χ0) is 11.7. The largest absolute Gasteiger partial charge is 0.481 e. The van der Waals surface area contributed by atoms with Crippen LogP contribution in [0.5, 0.6) is 0 Å². The van der Waals surface area contributed by atoms with E-state index in [0.717, 1.165) is 25.9 Å². The summed E-state index contributed by atoms with van der Waals surface area (Å²) in [4.78, 5) is 19.8. The third-order valence-corrected chi connectivity index (χ3v) is 2.36. The third-order valence-electron chi connectivity index (χ3n) is 2.21. The molecule has 15 heavy (non-hydrogen) atoms. The lowest BCUT2D eigenvalue weighted by molar-refractivity contribution is -0.136. The molecule has 0 aromatic rings. The minimum Gasteiger partial charge on any atom is -0.481 e. The summed E-state index contributed by atoms with van der Waals surface area (Å²) in [5.74, 6) is -0.212. The van der Waals surface area contributed by atoms with E-state index in [-0.39, 0.29) is 11.7 Å². The summed E-state index contributed by atoms with van der Waals surface area (Å²) >= 11 is 5.25. The second kappa shape index (κ2) is 8.68. The maximum Gasteiger partial charge on any atom is 0.303 e. The molecule has 1 rings (SSSR count). The van der Waals surface area contributed by atoms with Crippen LogP contribution >= 0.6 is 11.6 Å². The molecule has 4 nitrogen and oxygen atoms in total. The molecule has 0 atom stereocenters. The van der Waals surface area contributed by atoms with Crippen molar-refractivity contribution in [2.45, 2.75) is 32.6 Å². The van der Waals surface area contributed by atoms with Crippen molar-refractivity contribution in [2.75, 3.05) is 13.1 Å². The summed E-state index contributed by atoms with van der Waals surface area (Å²) in [6.07, 6.45) is 2.97. The Hall–Kier alpha value is -0.610. The Labute approximate surface area is 95.0 Å². The van der Waals surface area contributed by atoms with Gasteiger partial charge in [0.15, 0.2) is 0 Å². The lowest BCUT2D eigenvalue weighted by Crippen LogP contribution is -2.28. The normalized spacial score (nSPS) is 16.4. The average Bonchev–Trinajstić information content (AvgIpc) is 2.19. The molecule has 88 valence electrons. The van der Waals surface area contributed by atoms with Crippen molar-refractivity contribution in [3.05, 3.63) is 0 Å². The number of aliphatic carboxylic acids is 1. The summed E-state index contributed by atoms with van der Waals surface area (Å²) in [7, 11) is 0. The van der Waals surface area contributed by atoms with E-state index in [2.05, 4.69) is 5.32 Å². The average molecular weight is 236 g/mol. The van der Waals surface area contributed by atoms with E-state index < -0.39 is 5.97 Å². The summed E-state index contributed by atoms with van der Waals surface area (Å²) in [6, 6.07) is 0. The molecule has 0 saturated carbocycles. The number of carbonyl (C=O) groups excluding carboxylic acids is 1. The minimum absolute atomic E-state index is 0.188. The molecule has 1 fully saturated rings. The van der Waals surface area contributed by atoms with Gasteiger partial charge in [0.25, 0.3) is 0 Å². The zero-order valence-electron chi connectivity index (χ0n) is 8.96. The van der Waals surface area contributed by atoms with E-state index in [0.29, 0.717) is 12.3 Å². The van der Waals surface area contributed by atoms with Crippen molar-refractivity contribution in [3.63, 3.8) is 0 Å². The molecular weight excluding hydrogens is 218 g/mol. The summed E-state index contributed by atoms with van der Waals surface area (Å²) < 4.78 is 0. The maximum atomic E-state index is 10.5. The quantitative estimate of drug-likeness (QED) is 0.730. The number of nitrogens with one attached hydrogen (secondary N) is 1. The Kier molecular flexibility index (Phi) is 8.33. The van der Waals surface area contributed by atoms with E-state index in [4.69, 9.17) is 16.7 Å². The molecular formula is C10H18ClNO3. The number of carboxylic acid groups (broad SMARTS) is 1. The van der Waals surface area contributed by atoms with Gasteiger partial charge in [-0.2, -0.15) is 0 Å². The molecule has 1 saturated heterocycles. The van der Waals surface area contributed by atoms with Gasteiger partial charge < -0.3 is 10.4 Å². The predicted molar refractivity (Wildman–Crippen MR) is 59.0 cm³/mol. The van der Waals surface area contributed by atoms with Gasteiger partial charge in [-0.3, -0.25) is 9.59 Å². The van der Waals surface area contributed by atoms with Gasteiger partial charge in [0, 0.05) is 12.8 Å². The van der Waals surface area contributed by atoms with Gasteiger partial charge in [-0.15, -0.1) is 0 Å². The molecule has 1 heterocycles. The topological polar surface area (TPSA) is 66.4 Å². The molecule has 0 aromatic heterocycles. The van der Waals surface area contributed by atoms with Crippen LogP contribution in [0, 0.1) is 5.92 Å². The number of hydrogen-bond acceptors (Lipinski definition) is 3. The van der Waals surface area contributed by atoms with Crippen molar-refractivity contribution in [2.24, 2.45) is 5.92 Å². The van der Waals surface area contributed by atoms with E-state index in [1.807, 2.05) is 0 Å². The maximum absolute atomic E-state index is 10.5. The predicted octanol–water partition coefficient (Wildman–Crippen LogP) is 1.62. The highest BCUT2D eigenvalue weighted by molar-refractivity contribution is 6.63. The fraction of sp³-hybridized carbons (Fsp3) is 0.800. The van der Waals surface area contributed by atoms with Crippen molar-refractivity contribution < 1.29 is 14.7 Å². The molecule has 0 amide bonds. The van der Waals surface area contributed by atoms with Crippen LogP contribution in [0.15, 0.2) is 0 Å². The fourth-order valence-corrected chi connectivity index (χ4v) is 1.53. The number of carboxylic acids is 1. The molecule has 0 aliphatic carbocycles. The Morgan fingerprint density at radius 2 is 1.87 bits per heavy atom. The third kappa shape index (κ3) is 9.69. The SMILES string of the molecule is CCC(=O)O.O=C(Cl)CC1CCNCC1. The first-order valence-electron chi connectivity index (χ1n) is 5.17. The van der Waals surface area contributed by atoms with Crippen molar-refractivity contribution in [3.8, 4) is 0 Å². The number of halogens is 1. The van der Waals surface area contributed by atoms with E-state index in [9.17, 15) is 9.59 Å². The van der Waals surface area contributed by atoms with Crippen LogP contribution in [0.3, 0.4) is 0 Å². The van der Waals surface area contributed by atoms with Gasteiger partial charge >= 0.3 is 5.97 Å². The summed E-state index contributed by atoms with van der Waals surface area (Å²) in [6.45, 7) is 3.67. The fourth-order valence-electron chi connectivity index (χ4n) is 1.31. The van der Waals surface area contributed by atoms with Gasteiger partial charge in [0.1, 0.15) is 0 Å². The van der Waals surface area contributed by atoms with Crippen LogP contribution in [-0.2, 0) is 9.59 Å². The van der Waals surface area contributed by atoms with Crippen LogP contribution in [0.2, 0.25) is 0 Å². The number of hydrogen-bond donors (Lipinski definition) is 2. The van der Waals surface area contributed by atoms with Crippen molar-refractivity contribution >= 4 is 22.8 Å². The van der Waals surface area contributed by atoms with Gasteiger partial charge in [0.05, 0.1) is 0 Å². The Balaban J connectivity index is 0.000000336. The highest BCUT2D eigenvalue weighted by Gasteiger charge is 2.14. The highest BCUT2D eigenvalue weighted by atomic mass is 35.5. The summed E-state index contributed by atoms with van der Waals surface area (Å²) in [5.41, 5.74) is 0. The van der Waals surface area contributed by atoms with E-state index >= 15 is 0 Å². The van der Waals surface area contributed by atoms with Crippen LogP contribution in [0.4, 0.5) is 0 Å². The van der Waals surface area contributed by atoms with Crippen LogP contribution in [-0.4, -0.2) is 29.4 Å². The first-order chi connectivity index (χ1) is 7.06. The van der Waals surface area contributed by atoms with Crippen molar-refractivity contribution in [1.29, 1.82) is 0 Å². The van der Waals surface area contributed by atoms with Crippen LogP contribution in [0.25, 0.3) is 0 Å². The first-order valence-corrected chi connectivity index (χ1v) is 5.54. The van der Waals surface area contributed by atoms with E-state index in [1.54, 1.807) is 6.92 Å². The summed E-state index contributed by atoms with van der Waals surface area (Å²) in [5, 5.41) is 10.8. The Bertz CT molecular complexity index is 203. The number of carbonyl (C=O) groups is 2. The minimum atomic E-state index is -0.745. The monoisotopic (exact) mass is 235 g/mol. The second-order valence-electron chi connectivity index (χ2n) is 3.50. The van der Waals surface area contributed by atoms with Crippen LogP contribution in [0.1, 0.15) is 32.6 Å². The standard InChI is InChI=1S/C7H12ClNO.C3H6O2/c8-7(10)5-6-1-3-9-4-2-6;1-2-3(4)5/h6,9H,1-5H2;2H2,1H3,(H,4,5). The van der Waals surface area contributed by atoms with Gasteiger partial charge in [-0.25, -0.2) is 0 Å². The van der Waals surface area contributed by atoms with Gasteiger partial charge in [-0.1, -0.05) is 6.92 Å². The number of piperidine rings is 1. The molecule has 1 aliphatic rings. The molecule has 0 radical (unpaired) electrons. The van der Waals surface area contributed by atoms with Gasteiger partial charge in [0.2, 0.25) is 5.24 Å². The molecule has 0 spiro atoms. The van der Waals surface area contributed by atoms with Crippen LogP contribution < -0.4 is 5.32 Å². The molecule has 0 unspecified atom stereocenters. The first kappa shape index (κ1) is 14.4. The van der Waals surface area contributed by atoms with Crippen molar-refractivity contribution in [1.82, 2.24) is 5.32 Å². The highest BCUT2D eigenvalue weighted by Crippen LogP contribution is 2.16. The molecule has 1 aliphatic heterocycles. The molecule has 0 bridgehead atoms. The van der Waals surface area contributed by atoms with E-state index in [1.165, 1.54) is 0 Å². The second-order valence-corrected chi connectivity index (χ2v) is 3.92. The number of rotatable bonds is 3. The molecule has 5 heteroatoms. The lowest BCUT2D eigenvalue weighted by atomic mass is 9.95.